The van der Waals surface area contributed by atoms with Gasteiger partial charge in [-0.25, -0.2) is 4.98 Å². The second-order valence-electron chi connectivity index (χ2n) is 19.0. The van der Waals surface area contributed by atoms with E-state index < -0.39 is 5.41 Å². The van der Waals surface area contributed by atoms with Crippen molar-refractivity contribution < 1.29 is 0 Å². The van der Waals surface area contributed by atoms with Gasteiger partial charge in [0.1, 0.15) is 0 Å². The van der Waals surface area contributed by atoms with E-state index in [1.807, 2.05) is 83.3 Å². The molecule has 6 heteroatoms. The molecule has 16 rings (SSSR count). The highest BCUT2D eigenvalue weighted by molar-refractivity contribution is 6.24. The lowest BCUT2D eigenvalue weighted by molar-refractivity contribution is 0.794. The quantitative estimate of drug-likeness (QED) is 0.165. The molecule has 4 aromatic heterocycles. The first kappa shape index (κ1) is 38.4. The van der Waals surface area contributed by atoms with Crippen LogP contribution in [0.2, 0.25) is 0 Å². The molecule has 0 bridgehead atoms. The SMILES string of the molecule is O=c1c2ccccc2c2cc(-c3ccc4c(c3)c3ccccc3n4-c3nc(-c4ccccc4)nc(-c4ccccc4)n3)cc3c4ccc5c(c4n1c23)-c1ccccc1C51c2ccccc2-c2ccccc21. The molecule has 0 aliphatic heterocycles. The van der Waals surface area contributed by atoms with Crippen molar-refractivity contribution in [1.82, 2.24) is 23.9 Å². The van der Waals surface area contributed by atoms with Gasteiger partial charge in [-0.1, -0.05) is 188 Å². The number of pyridine rings is 1. The summed E-state index contributed by atoms with van der Waals surface area (Å²) in [5.41, 5.74) is 17.2. The Labute approximate surface area is 406 Å². The second kappa shape index (κ2) is 14.0. The summed E-state index contributed by atoms with van der Waals surface area (Å²) in [6.45, 7) is 0. The number of nitrogens with zero attached hydrogens (tertiary/aromatic N) is 5. The number of hydrogen-bond donors (Lipinski definition) is 0. The smallest absolute Gasteiger partial charge is 0.263 e. The van der Waals surface area contributed by atoms with Gasteiger partial charge >= 0.3 is 0 Å². The third kappa shape index (κ3) is 5.00. The van der Waals surface area contributed by atoms with Crippen molar-refractivity contribution >= 4 is 59.8 Å². The van der Waals surface area contributed by atoms with Gasteiger partial charge in [0.2, 0.25) is 5.95 Å². The highest BCUT2D eigenvalue weighted by Crippen LogP contribution is 2.64. The molecule has 2 aliphatic rings. The Hall–Kier alpha value is -9.52. The van der Waals surface area contributed by atoms with Crippen LogP contribution in [0.15, 0.2) is 229 Å². The summed E-state index contributed by atoms with van der Waals surface area (Å²) in [6.07, 6.45) is 0. The van der Waals surface area contributed by atoms with Gasteiger partial charge < -0.3 is 0 Å². The van der Waals surface area contributed by atoms with Crippen molar-refractivity contribution in [3.63, 3.8) is 0 Å². The van der Waals surface area contributed by atoms with Crippen molar-refractivity contribution in [2.75, 3.05) is 0 Å². The minimum absolute atomic E-state index is 0.00157. The van der Waals surface area contributed by atoms with Gasteiger partial charge in [0.05, 0.1) is 27.5 Å². The fraction of sp³-hybridized carbons (Fsp3) is 0.0154. The maximum Gasteiger partial charge on any atom is 0.263 e. The van der Waals surface area contributed by atoms with Gasteiger partial charge in [0.15, 0.2) is 11.6 Å². The third-order valence-corrected chi connectivity index (χ3v) is 15.5. The zero-order chi connectivity index (χ0) is 46.5. The monoisotopic (exact) mass is 903 g/mol. The summed E-state index contributed by atoms with van der Waals surface area (Å²) < 4.78 is 4.22. The van der Waals surface area contributed by atoms with E-state index in [4.69, 9.17) is 15.0 Å². The molecule has 0 fully saturated rings. The summed E-state index contributed by atoms with van der Waals surface area (Å²) in [4.78, 5) is 30.6. The van der Waals surface area contributed by atoms with Crippen LogP contribution < -0.4 is 5.56 Å². The predicted molar refractivity (Wildman–Crippen MR) is 288 cm³/mol. The van der Waals surface area contributed by atoms with E-state index in [9.17, 15) is 0 Å². The topological polar surface area (TPSA) is 65.1 Å². The van der Waals surface area contributed by atoms with E-state index >= 15 is 4.79 Å². The largest absolute Gasteiger partial charge is 0.278 e. The van der Waals surface area contributed by atoms with Gasteiger partial charge in [-0.2, -0.15) is 9.97 Å². The standard InChI is InChI=1S/C65H37N5O/c71-63-47-25-8-7-21-42(47)50-36-41(40-31-34-57-49(35-40)45-24-12-16-30-56(45)69(57)64-67-61(38-17-3-1-4-18-38)66-62(68-64)39-19-5-2-6-20-39)37-51-46-32-33-55-58(60(46)70(63)59(50)51)48-26-11-15-29-54(48)65(55)52-27-13-9-22-43(52)44-23-10-14-28-53(44)65/h1-37H. The molecule has 6 nitrogen and oxygen atoms in total. The van der Waals surface area contributed by atoms with Crippen LogP contribution in [0, 0.1) is 0 Å². The van der Waals surface area contributed by atoms with Gasteiger partial charge in [-0.05, 0) is 91.9 Å². The Morgan fingerprint density at radius 3 is 1.54 bits per heavy atom. The number of rotatable bonds is 4. The summed E-state index contributed by atoms with van der Waals surface area (Å²) >= 11 is 0. The number of para-hydroxylation sites is 1. The molecule has 0 radical (unpaired) electrons. The van der Waals surface area contributed by atoms with Crippen LogP contribution in [-0.2, 0) is 5.41 Å². The summed E-state index contributed by atoms with van der Waals surface area (Å²) in [6, 6.07) is 79.5. The lowest BCUT2D eigenvalue weighted by Crippen LogP contribution is -2.25. The molecule has 0 unspecified atom stereocenters. The maximum atomic E-state index is 15.3. The van der Waals surface area contributed by atoms with E-state index in [0.717, 1.165) is 82.2 Å². The molecular formula is C65H37N5O. The average molecular weight is 904 g/mol. The molecule has 0 N–H and O–H groups in total. The Morgan fingerprint density at radius 2 is 0.859 bits per heavy atom. The van der Waals surface area contributed by atoms with Crippen LogP contribution in [-0.4, -0.2) is 23.9 Å². The second-order valence-corrected chi connectivity index (χ2v) is 19.0. The highest BCUT2D eigenvalue weighted by atomic mass is 16.1. The zero-order valence-corrected chi connectivity index (χ0v) is 38.0. The van der Waals surface area contributed by atoms with Crippen LogP contribution in [0.3, 0.4) is 0 Å². The van der Waals surface area contributed by atoms with Crippen molar-refractivity contribution in [3.8, 4) is 62.1 Å². The Bertz CT molecular complexity index is 4560. The Morgan fingerprint density at radius 1 is 0.338 bits per heavy atom. The van der Waals surface area contributed by atoms with Crippen molar-refractivity contribution in [3.05, 3.63) is 257 Å². The number of benzene rings is 10. The van der Waals surface area contributed by atoms with Crippen LogP contribution in [0.1, 0.15) is 22.3 Å². The summed E-state index contributed by atoms with van der Waals surface area (Å²) in [7, 11) is 0. The van der Waals surface area contributed by atoms with E-state index in [0.29, 0.717) is 23.0 Å². The molecule has 0 amide bonds. The van der Waals surface area contributed by atoms with Crippen LogP contribution >= 0.6 is 0 Å². The summed E-state index contributed by atoms with van der Waals surface area (Å²) in [5.74, 6) is 1.77. The normalized spacial score (nSPS) is 13.2. The van der Waals surface area contributed by atoms with Crippen molar-refractivity contribution in [2.24, 2.45) is 0 Å². The third-order valence-electron chi connectivity index (χ3n) is 15.5. The molecule has 71 heavy (non-hydrogen) atoms. The average Bonchev–Trinajstić information content (AvgIpc) is 4.15. The van der Waals surface area contributed by atoms with Crippen molar-refractivity contribution in [1.29, 1.82) is 0 Å². The number of fused-ring (bicyclic) bond motifs is 19. The molecule has 1 spiro atoms. The summed E-state index contributed by atoms with van der Waals surface area (Å²) in [5, 5.41) is 6.99. The molecule has 10 aromatic carbocycles. The van der Waals surface area contributed by atoms with Gasteiger partial charge in [0.25, 0.3) is 5.56 Å². The molecule has 0 atom stereocenters. The van der Waals surface area contributed by atoms with E-state index in [1.54, 1.807) is 0 Å². The first-order chi connectivity index (χ1) is 35.1. The molecule has 328 valence electrons. The highest BCUT2D eigenvalue weighted by Gasteiger charge is 2.52. The minimum Gasteiger partial charge on any atom is -0.278 e. The molecule has 2 aliphatic carbocycles. The zero-order valence-electron chi connectivity index (χ0n) is 38.0. The molecule has 4 heterocycles. The minimum atomic E-state index is -0.532. The van der Waals surface area contributed by atoms with Crippen LogP contribution in [0.4, 0.5) is 0 Å². The Kier molecular flexibility index (Phi) is 7.60. The maximum absolute atomic E-state index is 15.3. The van der Waals surface area contributed by atoms with Gasteiger partial charge in [-0.3, -0.25) is 13.8 Å². The first-order valence-corrected chi connectivity index (χ1v) is 24.1. The molecule has 0 saturated carbocycles. The number of aromatic nitrogens is 5. The Balaban J connectivity index is 0.961. The molecule has 14 aromatic rings. The van der Waals surface area contributed by atoms with Gasteiger partial charge in [0, 0.05) is 49.0 Å². The van der Waals surface area contributed by atoms with E-state index in [-0.39, 0.29) is 5.56 Å². The lowest BCUT2D eigenvalue weighted by atomic mass is 9.70. The molecule has 0 saturated heterocycles. The van der Waals surface area contributed by atoms with Gasteiger partial charge in [-0.15, -0.1) is 0 Å². The lowest BCUT2D eigenvalue weighted by Gasteiger charge is -2.30. The predicted octanol–water partition coefficient (Wildman–Crippen LogP) is 14.8. The van der Waals surface area contributed by atoms with Crippen LogP contribution in [0.25, 0.3) is 122 Å². The van der Waals surface area contributed by atoms with E-state index in [1.165, 1.54) is 38.9 Å². The van der Waals surface area contributed by atoms with E-state index in [2.05, 4.69) is 150 Å². The fourth-order valence-corrected chi connectivity index (χ4v) is 12.7. The molecular weight excluding hydrogens is 867 g/mol. The first-order valence-electron chi connectivity index (χ1n) is 24.1. The fourth-order valence-electron chi connectivity index (χ4n) is 12.7. The number of hydrogen-bond acceptors (Lipinski definition) is 4. The van der Waals surface area contributed by atoms with Crippen molar-refractivity contribution in [2.45, 2.75) is 5.41 Å². The van der Waals surface area contributed by atoms with Crippen LogP contribution in [0.5, 0.6) is 0 Å².